The van der Waals surface area contributed by atoms with Gasteiger partial charge in [0.15, 0.2) is 0 Å². The molecule has 2 aromatic rings. The molecule has 0 spiro atoms. The molecule has 0 atom stereocenters. The molecule has 0 aromatic carbocycles. The molecule has 0 aliphatic rings. The lowest BCUT2D eigenvalue weighted by Crippen LogP contribution is -2.04. The smallest absolute Gasteiger partial charge is 0.322 e. The van der Waals surface area contributed by atoms with E-state index in [1.54, 1.807) is 11.3 Å². The van der Waals surface area contributed by atoms with Crippen LogP contribution in [0, 0.1) is 0 Å². The summed E-state index contributed by atoms with van der Waals surface area (Å²) in [7, 11) is 0. The summed E-state index contributed by atoms with van der Waals surface area (Å²) in [5.74, 6) is 0. The van der Waals surface area contributed by atoms with Gasteiger partial charge in [-0.15, -0.1) is 11.3 Å². The Morgan fingerprint density at radius 3 is 2.56 bits per heavy atom. The monoisotopic (exact) mass is 275 g/mol. The third-order valence-electron chi connectivity index (χ3n) is 1.72. The number of thiophene rings is 1. The molecule has 0 aliphatic heterocycles. The second-order valence-electron chi connectivity index (χ2n) is 2.83. The number of nitrogens with zero attached hydrogens (tertiary/aromatic N) is 3. The van der Waals surface area contributed by atoms with Crippen molar-refractivity contribution in [3.8, 4) is 6.01 Å². The Labute approximate surface area is 106 Å². The number of hydrogen-bond donors (Lipinski definition) is 0. The quantitative estimate of drug-likeness (QED) is 0.861. The molecule has 0 aliphatic carbocycles. The van der Waals surface area contributed by atoms with Gasteiger partial charge in [0.25, 0.3) is 0 Å². The Balaban J connectivity index is 1.89. The van der Waals surface area contributed by atoms with Crippen molar-refractivity contribution >= 4 is 34.5 Å². The van der Waals surface area contributed by atoms with Crippen LogP contribution in [-0.4, -0.2) is 21.6 Å². The summed E-state index contributed by atoms with van der Waals surface area (Å²) in [5, 5.41) is 2.09. The highest BCUT2D eigenvalue weighted by Crippen LogP contribution is 2.13. The molecule has 7 heteroatoms. The Hall–Kier alpha value is -0.910. The van der Waals surface area contributed by atoms with E-state index in [0.29, 0.717) is 6.61 Å². The van der Waals surface area contributed by atoms with Crippen LogP contribution in [0.25, 0.3) is 0 Å². The van der Waals surface area contributed by atoms with E-state index in [9.17, 15) is 0 Å². The molecule has 16 heavy (non-hydrogen) atoms. The highest BCUT2D eigenvalue weighted by atomic mass is 35.5. The number of ether oxygens (including phenoxy) is 1. The van der Waals surface area contributed by atoms with Gasteiger partial charge in [0.05, 0.1) is 6.61 Å². The summed E-state index contributed by atoms with van der Waals surface area (Å²) in [5.41, 5.74) is 0. The van der Waals surface area contributed by atoms with Crippen molar-refractivity contribution in [2.45, 2.75) is 6.42 Å². The van der Waals surface area contributed by atoms with Gasteiger partial charge >= 0.3 is 6.01 Å². The number of halogens is 2. The first-order chi connectivity index (χ1) is 7.74. The van der Waals surface area contributed by atoms with Gasteiger partial charge in [0.2, 0.25) is 10.6 Å². The molecule has 2 heterocycles. The second-order valence-corrected chi connectivity index (χ2v) is 4.54. The van der Waals surface area contributed by atoms with Gasteiger partial charge in [-0.2, -0.15) is 15.0 Å². The topological polar surface area (TPSA) is 47.9 Å². The highest BCUT2D eigenvalue weighted by molar-refractivity contribution is 7.09. The minimum absolute atomic E-state index is 0.0334. The van der Waals surface area contributed by atoms with Crippen LogP contribution in [0.4, 0.5) is 0 Å². The molecule has 0 saturated heterocycles. The van der Waals surface area contributed by atoms with Crippen LogP contribution in [0.3, 0.4) is 0 Å². The first-order valence-electron chi connectivity index (χ1n) is 4.46. The van der Waals surface area contributed by atoms with E-state index in [4.69, 9.17) is 27.9 Å². The average Bonchev–Trinajstić information content (AvgIpc) is 2.69. The van der Waals surface area contributed by atoms with Crippen LogP contribution in [-0.2, 0) is 6.42 Å². The molecular formula is C9H7Cl2N3OS. The van der Waals surface area contributed by atoms with Gasteiger partial charge < -0.3 is 4.74 Å². The minimum Gasteiger partial charge on any atom is -0.463 e. The minimum atomic E-state index is 0.0334. The summed E-state index contributed by atoms with van der Waals surface area (Å²) in [6.45, 7) is 0.483. The summed E-state index contributed by atoms with van der Waals surface area (Å²) in [6, 6.07) is 4.19. The molecule has 84 valence electrons. The van der Waals surface area contributed by atoms with Crippen molar-refractivity contribution in [2.24, 2.45) is 0 Å². The summed E-state index contributed by atoms with van der Waals surface area (Å²) < 4.78 is 5.32. The predicted octanol–water partition coefficient (Wildman–Crippen LogP) is 2.86. The maximum absolute atomic E-state index is 5.60. The fourth-order valence-corrected chi connectivity index (χ4v) is 2.11. The van der Waals surface area contributed by atoms with Crippen LogP contribution in [0.5, 0.6) is 6.01 Å². The largest absolute Gasteiger partial charge is 0.463 e. The van der Waals surface area contributed by atoms with E-state index in [-0.39, 0.29) is 16.6 Å². The molecule has 0 radical (unpaired) electrons. The van der Waals surface area contributed by atoms with Gasteiger partial charge in [-0.25, -0.2) is 0 Å². The van der Waals surface area contributed by atoms with E-state index in [2.05, 4.69) is 15.0 Å². The molecule has 0 amide bonds. The predicted molar refractivity (Wildman–Crippen MR) is 63.4 cm³/mol. The molecule has 0 fully saturated rings. The van der Waals surface area contributed by atoms with Crippen LogP contribution in [0.2, 0.25) is 10.6 Å². The van der Waals surface area contributed by atoms with Crippen molar-refractivity contribution in [1.29, 1.82) is 0 Å². The van der Waals surface area contributed by atoms with Gasteiger partial charge in [-0.05, 0) is 34.6 Å². The van der Waals surface area contributed by atoms with Crippen molar-refractivity contribution in [2.75, 3.05) is 6.61 Å². The SMILES string of the molecule is Clc1nc(Cl)nc(OCCc2cccs2)n1. The molecule has 4 nitrogen and oxygen atoms in total. The fourth-order valence-electron chi connectivity index (χ4n) is 1.07. The molecule has 0 bridgehead atoms. The van der Waals surface area contributed by atoms with E-state index in [1.165, 1.54) is 4.88 Å². The Bertz CT molecular complexity index is 444. The lowest BCUT2D eigenvalue weighted by molar-refractivity contribution is 0.296. The maximum atomic E-state index is 5.60. The third kappa shape index (κ3) is 3.30. The molecule has 0 unspecified atom stereocenters. The van der Waals surface area contributed by atoms with E-state index >= 15 is 0 Å². The standard InChI is InChI=1S/C9H7Cl2N3OS/c10-7-12-8(11)14-9(13-7)15-4-3-6-2-1-5-16-6/h1-2,5H,3-4H2. The average molecular weight is 276 g/mol. The second kappa shape index (κ2) is 5.43. The lowest BCUT2D eigenvalue weighted by Gasteiger charge is -2.02. The Morgan fingerprint density at radius 2 is 1.94 bits per heavy atom. The molecule has 2 rings (SSSR count). The molecule has 2 aromatic heterocycles. The zero-order chi connectivity index (χ0) is 11.4. The normalized spacial score (nSPS) is 10.4. The number of rotatable bonds is 4. The van der Waals surface area contributed by atoms with Gasteiger partial charge in [0.1, 0.15) is 0 Å². The third-order valence-corrected chi connectivity index (χ3v) is 2.99. The Kier molecular flexibility index (Phi) is 3.93. The van der Waals surface area contributed by atoms with Gasteiger partial charge in [0, 0.05) is 11.3 Å². The first-order valence-corrected chi connectivity index (χ1v) is 6.10. The van der Waals surface area contributed by atoms with Gasteiger partial charge in [-0.3, -0.25) is 0 Å². The summed E-state index contributed by atoms with van der Waals surface area (Å²) in [4.78, 5) is 12.5. The van der Waals surface area contributed by atoms with Crippen LogP contribution in [0.1, 0.15) is 4.88 Å². The van der Waals surface area contributed by atoms with Crippen LogP contribution in [0.15, 0.2) is 17.5 Å². The van der Waals surface area contributed by atoms with Crippen LogP contribution < -0.4 is 4.74 Å². The zero-order valence-corrected chi connectivity index (χ0v) is 10.4. The summed E-state index contributed by atoms with van der Waals surface area (Å²) >= 11 is 12.9. The van der Waals surface area contributed by atoms with E-state index in [1.807, 2.05) is 17.5 Å². The number of aromatic nitrogens is 3. The molecular weight excluding hydrogens is 269 g/mol. The highest BCUT2D eigenvalue weighted by Gasteiger charge is 2.04. The zero-order valence-electron chi connectivity index (χ0n) is 8.06. The maximum Gasteiger partial charge on any atom is 0.322 e. The van der Waals surface area contributed by atoms with Crippen molar-refractivity contribution < 1.29 is 4.74 Å². The number of hydrogen-bond acceptors (Lipinski definition) is 5. The Morgan fingerprint density at radius 1 is 1.19 bits per heavy atom. The van der Waals surface area contributed by atoms with Crippen molar-refractivity contribution in [3.05, 3.63) is 33.0 Å². The molecule has 0 saturated carbocycles. The molecule has 0 N–H and O–H groups in total. The van der Waals surface area contributed by atoms with Gasteiger partial charge in [-0.1, -0.05) is 6.07 Å². The summed E-state index contributed by atoms with van der Waals surface area (Å²) in [6.07, 6.45) is 0.804. The van der Waals surface area contributed by atoms with Crippen LogP contribution >= 0.6 is 34.5 Å². The van der Waals surface area contributed by atoms with Crippen molar-refractivity contribution in [3.63, 3.8) is 0 Å². The fraction of sp³-hybridized carbons (Fsp3) is 0.222. The van der Waals surface area contributed by atoms with E-state index in [0.717, 1.165) is 6.42 Å². The van der Waals surface area contributed by atoms with E-state index < -0.39 is 0 Å². The van der Waals surface area contributed by atoms with Crippen molar-refractivity contribution in [1.82, 2.24) is 15.0 Å². The first kappa shape index (κ1) is 11.6. The lowest BCUT2D eigenvalue weighted by atomic mass is 10.4.